The summed E-state index contributed by atoms with van der Waals surface area (Å²) in [4.78, 5) is 45.7. The highest BCUT2D eigenvalue weighted by Crippen LogP contribution is 2.43. The maximum atomic E-state index is 12.5. The van der Waals surface area contributed by atoms with Gasteiger partial charge in [-0.25, -0.2) is 4.57 Å². The number of hydrogen-bond acceptors (Lipinski definition) is 9. The van der Waals surface area contributed by atoms with Crippen molar-refractivity contribution in [3.8, 4) is 0 Å². The van der Waals surface area contributed by atoms with E-state index in [0.29, 0.717) is 12.8 Å². The van der Waals surface area contributed by atoms with Crippen LogP contribution in [0.15, 0.2) is 12.2 Å². The van der Waals surface area contributed by atoms with Gasteiger partial charge in [-0.05, 0) is 38.5 Å². The number of aliphatic carboxylic acids is 1. The molecule has 0 saturated carbocycles. The average molecular weight is 720 g/mol. The maximum absolute atomic E-state index is 12.5. The van der Waals surface area contributed by atoms with Crippen molar-refractivity contribution in [3.05, 3.63) is 12.2 Å². The monoisotopic (exact) mass is 719 g/mol. The lowest BCUT2D eigenvalue weighted by Crippen LogP contribution is -2.34. The number of esters is 2. The van der Waals surface area contributed by atoms with Crippen molar-refractivity contribution >= 4 is 25.7 Å². The van der Waals surface area contributed by atoms with Crippen molar-refractivity contribution in [2.24, 2.45) is 5.73 Å². The van der Waals surface area contributed by atoms with E-state index < -0.39 is 51.1 Å². The molecule has 0 amide bonds. The van der Waals surface area contributed by atoms with Gasteiger partial charge in [-0.3, -0.25) is 23.4 Å². The van der Waals surface area contributed by atoms with E-state index in [2.05, 4.69) is 30.5 Å². The number of rotatable bonds is 36. The smallest absolute Gasteiger partial charge is 0.472 e. The molecule has 0 aromatic heterocycles. The molecule has 0 aliphatic carbocycles. The Kier molecular flexibility index (Phi) is 32.2. The number of nitrogens with two attached hydrogens (primary N) is 1. The van der Waals surface area contributed by atoms with E-state index in [-0.39, 0.29) is 19.4 Å². The number of unbranched alkanes of at least 4 members (excludes halogenated alkanes) is 20. The van der Waals surface area contributed by atoms with E-state index in [1.165, 1.54) is 77.0 Å². The Labute approximate surface area is 297 Å². The van der Waals surface area contributed by atoms with Crippen LogP contribution < -0.4 is 5.73 Å². The molecule has 0 radical (unpaired) electrons. The molecule has 49 heavy (non-hydrogen) atoms. The average Bonchev–Trinajstić information content (AvgIpc) is 3.07. The second kappa shape index (κ2) is 33.4. The second-order valence-corrected chi connectivity index (χ2v) is 14.5. The van der Waals surface area contributed by atoms with Gasteiger partial charge in [0.1, 0.15) is 12.6 Å². The van der Waals surface area contributed by atoms with Crippen molar-refractivity contribution in [1.29, 1.82) is 0 Å². The minimum absolute atomic E-state index is 0.164. The number of carbonyl (C=O) groups excluding carboxylic acids is 2. The lowest BCUT2D eigenvalue weighted by atomic mass is 10.0. The van der Waals surface area contributed by atoms with Gasteiger partial charge in [0.25, 0.3) is 0 Å². The molecule has 0 heterocycles. The SMILES string of the molecule is CCCCCC/C=C/CCCCCCCC(=O)OC[C@H](COP(=O)(O)OC[C@H](N)C(=O)O)OC(=O)CCCCCCCCCCCCCC. The van der Waals surface area contributed by atoms with Crippen LogP contribution in [0, 0.1) is 0 Å². The minimum Gasteiger partial charge on any atom is -0.480 e. The minimum atomic E-state index is -4.70. The summed E-state index contributed by atoms with van der Waals surface area (Å²) >= 11 is 0. The fourth-order valence-electron chi connectivity index (χ4n) is 5.18. The Morgan fingerprint density at radius 3 is 1.51 bits per heavy atom. The third-order valence-corrected chi connectivity index (χ3v) is 9.21. The van der Waals surface area contributed by atoms with Crippen LogP contribution in [0.3, 0.4) is 0 Å². The Morgan fingerprint density at radius 2 is 1.02 bits per heavy atom. The molecule has 288 valence electrons. The summed E-state index contributed by atoms with van der Waals surface area (Å²) in [5.41, 5.74) is 5.31. The van der Waals surface area contributed by atoms with Crippen LogP contribution in [0.4, 0.5) is 0 Å². The Hall–Kier alpha value is -1.78. The van der Waals surface area contributed by atoms with E-state index in [1.807, 2.05) is 0 Å². The molecule has 0 aliphatic heterocycles. The van der Waals surface area contributed by atoms with Gasteiger partial charge in [0.2, 0.25) is 0 Å². The van der Waals surface area contributed by atoms with E-state index in [9.17, 15) is 23.8 Å². The normalized spacial score (nSPS) is 14.0. The first-order valence-corrected chi connectivity index (χ1v) is 20.7. The van der Waals surface area contributed by atoms with Gasteiger partial charge in [0.05, 0.1) is 13.2 Å². The number of phosphoric ester groups is 1. The van der Waals surface area contributed by atoms with E-state index in [0.717, 1.165) is 57.8 Å². The molecule has 0 rings (SSSR count). The summed E-state index contributed by atoms with van der Waals surface area (Å²) in [6.45, 7) is 2.76. The molecule has 4 N–H and O–H groups in total. The first-order chi connectivity index (χ1) is 23.6. The summed E-state index contributed by atoms with van der Waals surface area (Å²) in [6.07, 6.45) is 29.9. The van der Waals surface area contributed by atoms with E-state index in [1.54, 1.807) is 0 Å². The summed E-state index contributed by atoms with van der Waals surface area (Å²) in [5, 5.41) is 8.85. The highest BCUT2D eigenvalue weighted by molar-refractivity contribution is 7.47. The lowest BCUT2D eigenvalue weighted by molar-refractivity contribution is -0.161. The Bertz CT molecular complexity index is 900. The molecular formula is C37H70NO10P. The van der Waals surface area contributed by atoms with E-state index in [4.69, 9.17) is 24.8 Å². The molecule has 0 aromatic carbocycles. The molecule has 1 unspecified atom stereocenters. The summed E-state index contributed by atoms with van der Waals surface area (Å²) < 4.78 is 32.5. The lowest BCUT2D eigenvalue weighted by Gasteiger charge is -2.20. The van der Waals surface area contributed by atoms with Gasteiger partial charge >= 0.3 is 25.7 Å². The molecule has 0 fully saturated rings. The van der Waals surface area contributed by atoms with Gasteiger partial charge < -0.3 is 25.2 Å². The number of phosphoric acid groups is 1. The largest absolute Gasteiger partial charge is 0.480 e. The third-order valence-electron chi connectivity index (χ3n) is 8.26. The Balaban J connectivity index is 4.44. The highest BCUT2D eigenvalue weighted by Gasteiger charge is 2.28. The van der Waals surface area contributed by atoms with Gasteiger partial charge in [-0.1, -0.05) is 135 Å². The van der Waals surface area contributed by atoms with Crippen LogP contribution in [0.5, 0.6) is 0 Å². The quantitative estimate of drug-likeness (QED) is 0.0244. The maximum Gasteiger partial charge on any atom is 0.472 e. The molecule has 0 aliphatic rings. The van der Waals surface area contributed by atoms with Crippen molar-refractivity contribution in [3.63, 3.8) is 0 Å². The van der Waals surface area contributed by atoms with Gasteiger partial charge in [-0.15, -0.1) is 0 Å². The second-order valence-electron chi connectivity index (χ2n) is 13.1. The van der Waals surface area contributed by atoms with Crippen LogP contribution in [-0.4, -0.2) is 59.9 Å². The topological polar surface area (TPSA) is 172 Å². The Morgan fingerprint density at radius 1 is 0.612 bits per heavy atom. The fraction of sp³-hybridized carbons (Fsp3) is 0.865. The number of allylic oxidation sites excluding steroid dienone is 2. The number of carboxylic acid groups (broad SMARTS) is 1. The summed E-state index contributed by atoms with van der Waals surface area (Å²) in [7, 11) is -4.70. The van der Waals surface area contributed by atoms with Crippen molar-refractivity contribution in [1.82, 2.24) is 0 Å². The summed E-state index contributed by atoms with van der Waals surface area (Å²) in [6, 6.07) is -1.52. The zero-order valence-electron chi connectivity index (χ0n) is 30.8. The van der Waals surface area contributed by atoms with Crippen molar-refractivity contribution in [2.75, 3.05) is 19.8 Å². The molecule has 0 saturated heterocycles. The predicted molar refractivity (Wildman–Crippen MR) is 194 cm³/mol. The molecule has 0 bridgehead atoms. The van der Waals surface area contributed by atoms with Crippen LogP contribution in [0.2, 0.25) is 0 Å². The molecule has 11 nitrogen and oxygen atoms in total. The number of ether oxygens (including phenoxy) is 2. The van der Waals surface area contributed by atoms with Crippen LogP contribution in [-0.2, 0) is 37.5 Å². The first kappa shape index (κ1) is 47.2. The molecule has 0 spiro atoms. The third kappa shape index (κ3) is 33.1. The highest BCUT2D eigenvalue weighted by atomic mass is 31.2. The molecule has 0 aromatic rings. The zero-order valence-corrected chi connectivity index (χ0v) is 31.7. The van der Waals surface area contributed by atoms with Gasteiger partial charge in [0, 0.05) is 12.8 Å². The number of carboxylic acids is 1. The standard InChI is InChI=1S/C37H70NO10P/c1-3-5-7-9-11-13-15-17-19-20-22-24-26-28-35(39)45-30-33(31-46-49(43,44)47-32-34(38)37(41)42)48-36(40)29-27-25-23-21-18-16-14-12-10-8-6-4-2/h13,15,33-34H,3-12,14,16-32,38H2,1-2H3,(H,41,42)(H,43,44)/b15-13+/t33-,34+/m1/s1. The predicted octanol–water partition coefficient (Wildman–Crippen LogP) is 9.34. The fourth-order valence-corrected chi connectivity index (χ4v) is 5.95. The van der Waals surface area contributed by atoms with E-state index >= 15 is 0 Å². The zero-order chi connectivity index (χ0) is 36.4. The van der Waals surface area contributed by atoms with Gasteiger partial charge in [-0.2, -0.15) is 0 Å². The van der Waals surface area contributed by atoms with Crippen LogP contribution in [0.1, 0.15) is 174 Å². The molecule has 3 atom stereocenters. The molecule has 12 heteroatoms. The first-order valence-electron chi connectivity index (χ1n) is 19.2. The van der Waals surface area contributed by atoms with Gasteiger partial charge in [0.15, 0.2) is 6.10 Å². The summed E-state index contributed by atoms with van der Waals surface area (Å²) in [5.74, 6) is -2.38. The number of hydrogen-bond donors (Lipinski definition) is 3. The van der Waals surface area contributed by atoms with Crippen molar-refractivity contribution < 1.29 is 47.5 Å². The number of carbonyl (C=O) groups is 3. The van der Waals surface area contributed by atoms with Crippen molar-refractivity contribution in [2.45, 2.75) is 187 Å². The van der Waals surface area contributed by atoms with Crippen LogP contribution >= 0.6 is 7.82 Å². The van der Waals surface area contributed by atoms with Crippen LogP contribution in [0.25, 0.3) is 0 Å². The molecular weight excluding hydrogens is 649 g/mol.